The first-order chi connectivity index (χ1) is 10.3. The van der Waals surface area contributed by atoms with E-state index in [1.807, 2.05) is 6.07 Å². The Hall–Kier alpha value is -1.39. The molecule has 21 heavy (non-hydrogen) atoms. The van der Waals surface area contributed by atoms with Crippen molar-refractivity contribution in [3.63, 3.8) is 0 Å². The van der Waals surface area contributed by atoms with Crippen molar-refractivity contribution in [2.75, 3.05) is 32.8 Å². The Labute approximate surface area is 126 Å². The lowest BCUT2D eigenvalue weighted by Gasteiger charge is -2.31. The lowest BCUT2D eigenvalue weighted by atomic mass is 10.0. The predicted octanol–water partition coefficient (Wildman–Crippen LogP) is 1.46. The molecule has 1 aliphatic carbocycles. The summed E-state index contributed by atoms with van der Waals surface area (Å²) >= 11 is 0. The molecule has 0 radical (unpaired) electrons. The average molecular weight is 288 g/mol. The number of amides is 1. The summed E-state index contributed by atoms with van der Waals surface area (Å²) in [6.45, 7) is 4.44. The van der Waals surface area contributed by atoms with E-state index in [9.17, 15) is 4.79 Å². The van der Waals surface area contributed by atoms with E-state index >= 15 is 0 Å². The maximum atomic E-state index is 12.1. The van der Waals surface area contributed by atoms with E-state index in [1.165, 1.54) is 5.56 Å². The molecule has 1 saturated heterocycles. The first-order valence-electron chi connectivity index (χ1n) is 7.95. The van der Waals surface area contributed by atoms with Crippen LogP contribution in [0.5, 0.6) is 0 Å². The summed E-state index contributed by atoms with van der Waals surface area (Å²) in [5.41, 5.74) is 1.28. The van der Waals surface area contributed by atoms with E-state index in [-0.39, 0.29) is 17.9 Å². The summed E-state index contributed by atoms with van der Waals surface area (Å²) < 4.78 is 5.40. The van der Waals surface area contributed by atoms with Gasteiger partial charge in [0.15, 0.2) is 0 Å². The molecular formula is C17H24N2O2. The zero-order chi connectivity index (χ0) is 14.5. The smallest absolute Gasteiger partial charge is 0.223 e. The largest absolute Gasteiger partial charge is 0.379 e. The first-order valence-corrected chi connectivity index (χ1v) is 7.95. The maximum Gasteiger partial charge on any atom is 0.223 e. The minimum Gasteiger partial charge on any atom is -0.379 e. The van der Waals surface area contributed by atoms with Crippen LogP contribution in [0, 0.1) is 5.92 Å². The molecule has 0 bridgehead atoms. The average Bonchev–Trinajstić information content (AvgIpc) is 3.34. The fourth-order valence-corrected chi connectivity index (χ4v) is 2.82. The van der Waals surface area contributed by atoms with Crippen LogP contribution in [-0.4, -0.2) is 49.7 Å². The van der Waals surface area contributed by atoms with Gasteiger partial charge in [0.2, 0.25) is 5.91 Å². The standard InChI is InChI=1S/C17H24N2O2/c20-17(15-6-7-15)18-16(12-14-4-2-1-3-5-14)13-19-8-10-21-11-9-19/h1-5,15-16H,6-13H2,(H,18,20). The van der Waals surface area contributed by atoms with Gasteiger partial charge in [-0.05, 0) is 24.8 Å². The van der Waals surface area contributed by atoms with Crippen molar-refractivity contribution in [3.8, 4) is 0 Å². The molecule has 1 unspecified atom stereocenters. The van der Waals surface area contributed by atoms with E-state index < -0.39 is 0 Å². The Balaban J connectivity index is 1.59. The second-order valence-corrected chi connectivity index (χ2v) is 6.08. The fraction of sp³-hybridized carbons (Fsp3) is 0.588. The maximum absolute atomic E-state index is 12.1. The second-order valence-electron chi connectivity index (χ2n) is 6.08. The third-order valence-electron chi connectivity index (χ3n) is 4.20. The number of morpholine rings is 1. The van der Waals surface area contributed by atoms with Gasteiger partial charge in [-0.25, -0.2) is 0 Å². The molecule has 114 valence electrons. The van der Waals surface area contributed by atoms with Crippen molar-refractivity contribution in [3.05, 3.63) is 35.9 Å². The van der Waals surface area contributed by atoms with E-state index in [0.29, 0.717) is 0 Å². The Morgan fingerprint density at radius 3 is 2.62 bits per heavy atom. The summed E-state index contributed by atoms with van der Waals surface area (Å²) in [4.78, 5) is 14.5. The highest BCUT2D eigenvalue weighted by atomic mass is 16.5. The van der Waals surface area contributed by atoms with Crippen LogP contribution >= 0.6 is 0 Å². The number of nitrogens with zero attached hydrogens (tertiary/aromatic N) is 1. The topological polar surface area (TPSA) is 41.6 Å². The highest BCUT2D eigenvalue weighted by Crippen LogP contribution is 2.29. The molecule has 1 aromatic rings. The fourth-order valence-electron chi connectivity index (χ4n) is 2.82. The van der Waals surface area contributed by atoms with Gasteiger partial charge < -0.3 is 10.1 Å². The van der Waals surface area contributed by atoms with Crippen LogP contribution in [0.4, 0.5) is 0 Å². The molecule has 1 aliphatic heterocycles. The normalized spacial score (nSPS) is 21.0. The zero-order valence-electron chi connectivity index (χ0n) is 12.5. The number of benzene rings is 1. The minimum absolute atomic E-state index is 0.193. The molecule has 1 heterocycles. The van der Waals surface area contributed by atoms with Crippen LogP contribution in [0.1, 0.15) is 18.4 Å². The molecule has 3 rings (SSSR count). The quantitative estimate of drug-likeness (QED) is 0.861. The van der Waals surface area contributed by atoms with Crippen molar-refractivity contribution < 1.29 is 9.53 Å². The number of ether oxygens (including phenoxy) is 1. The lowest BCUT2D eigenvalue weighted by Crippen LogP contribution is -2.48. The Bertz CT molecular complexity index is 453. The van der Waals surface area contributed by atoms with E-state index in [4.69, 9.17) is 4.74 Å². The number of rotatable bonds is 6. The van der Waals surface area contributed by atoms with E-state index in [2.05, 4.69) is 34.5 Å². The molecule has 4 nitrogen and oxygen atoms in total. The lowest BCUT2D eigenvalue weighted by molar-refractivity contribution is -0.123. The first kappa shape index (κ1) is 14.5. The summed E-state index contributed by atoms with van der Waals surface area (Å²) in [6, 6.07) is 10.6. The van der Waals surface area contributed by atoms with Gasteiger partial charge in [0.25, 0.3) is 0 Å². The van der Waals surface area contributed by atoms with Gasteiger partial charge >= 0.3 is 0 Å². The Morgan fingerprint density at radius 1 is 1.24 bits per heavy atom. The molecule has 0 spiro atoms. The summed E-state index contributed by atoms with van der Waals surface area (Å²) in [5.74, 6) is 0.511. The van der Waals surface area contributed by atoms with Crippen LogP contribution in [0.2, 0.25) is 0 Å². The molecule has 1 atom stereocenters. The monoisotopic (exact) mass is 288 g/mol. The van der Waals surface area contributed by atoms with Crippen LogP contribution in [0.15, 0.2) is 30.3 Å². The van der Waals surface area contributed by atoms with Gasteiger partial charge in [-0.15, -0.1) is 0 Å². The van der Waals surface area contributed by atoms with Gasteiger partial charge in [-0.2, -0.15) is 0 Å². The minimum atomic E-state index is 0.193. The summed E-state index contributed by atoms with van der Waals surface area (Å²) in [6.07, 6.45) is 3.01. The van der Waals surface area contributed by atoms with Crippen molar-refractivity contribution in [1.82, 2.24) is 10.2 Å². The van der Waals surface area contributed by atoms with Gasteiger partial charge in [-0.1, -0.05) is 30.3 Å². The molecule has 2 fully saturated rings. The van der Waals surface area contributed by atoms with Crippen molar-refractivity contribution in [1.29, 1.82) is 0 Å². The number of hydrogen-bond donors (Lipinski definition) is 1. The molecular weight excluding hydrogens is 264 g/mol. The summed E-state index contributed by atoms with van der Waals surface area (Å²) in [5, 5.41) is 3.25. The third-order valence-corrected chi connectivity index (χ3v) is 4.20. The van der Waals surface area contributed by atoms with Gasteiger partial charge in [0.05, 0.1) is 13.2 Å². The van der Waals surface area contributed by atoms with E-state index in [0.717, 1.165) is 52.1 Å². The highest BCUT2D eigenvalue weighted by molar-refractivity contribution is 5.81. The number of hydrogen-bond acceptors (Lipinski definition) is 3. The molecule has 1 N–H and O–H groups in total. The van der Waals surface area contributed by atoms with Crippen molar-refractivity contribution >= 4 is 5.91 Å². The van der Waals surface area contributed by atoms with Crippen LogP contribution in [-0.2, 0) is 16.0 Å². The number of carbonyl (C=O) groups excluding carboxylic acids is 1. The van der Waals surface area contributed by atoms with Crippen molar-refractivity contribution in [2.45, 2.75) is 25.3 Å². The van der Waals surface area contributed by atoms with Gasteiger partial charge in [-0.3, -0.25) is 9.69 Å². The number of nitrogens with one attached hydrogen (secondary N) is 1. The molecule has 0 aromatic heterocycles. The third kappa shape index (κ3) is 4.55. The molecule has 1 saturated carbocycles. The van der Waals surface area contributed by atoms with Crippen LogP contribution in [0.25, 0.3) is 0 Å². The molecule has 2 aliphatic rings. The Morgan fingerprint density at radius 2 is 1.95 bits per heavy atom. The highest BCUT2D eigenvalue weighted by Gasteiger charge is 2.31. The second kappa shape index (κ2) is 7.05. The van der Waals surface area contributed by atoms with Gasteiger partial charge in [0, 0.05) is 31.6 Å². The molecule has 1 amide bonds. The SMILES string of the molecule is O=C(NC(Cc1ccccc1)CN1CCOCC1)C1CC1. The van der Waals surface area contributed by atoms with Crippen LogP contribution < -0.4 is 5.32 Å². The van der Waals surface area contributed by atoms with E-state index in [1.54, 1.807) is 0 Å². The van der Waals surface area contributed by atoms with Crippen molar-refractivity contribution in [2.24, 2.45) is 5.92 Å². The van der Waals surface area contributed by atoms with Gasteiger partial charge in [0.1, 0.15) is 0 Å². The van der Waals surface area contributed by atoms with Crippen LogP contribution in [0.3, 0.4) is 0 Å². The zero-order valence-corrected chi connectivity index (χ0v) is 12.5. The predicted molar refractivity (Wildman–Crippen MR) is 82.1 cm³/mol. The Kier molecular flexibility index (Phi) is 4.88. The summed E-state index contributed by atoms with van der Waals surface area (Å²) in [7, 11) is 0. The number of carbonyl (C=O) groups is 1. The molecule has 4 heteroatoms. The molecule has 1 aromatic carbocycles.